The molecule has 6 heterocycles. The lowest BCUT2D eigenvalue weighted by molar-refractivity contribution is -0.766. The number of pyridine rings is 1. The molecule has 3 aromatic heterocycles. The van der Waals surface area contributed by atoms with Gasteiger partial charge >= 0.3 is 23.5 Å². The highest BCUT2D eigenvalue weighted by Gasteiger charge is 2.75. The normalized spacial score (nSPS) is 33.6. The first-order valence-corrected chi connectivity index (χ1v) is 18.0. The van der Waals surface area contributed by atoms with Crippen molar-refractivity contribution in [1.82, 2.24) is 19.5 Å². The average Bonchev–Trinajstić information content (AvgIpc) is 3.26. The van der Waals surface area contributed by atoms with Gasteiger partial charge in [0.2, 0.25) is 6.61 Å². The van der Waals surface area contributed by atoms with E-state index in [1.807, 2.05) is 0 Å². The number of carbonyl (C=O) groups is 1. The number of amides is 1. The summed E-state index contributed by atoms with van der Waals surface area (Å²) in [6.45, 7) is -1.58. The van der Waals surface area contributed by atoms with Gasteiger partial charge in [-0.1, -0.05) is 0 Å². The maximum atomic E-state index is 12.9. The zero-order valence-electron chi connectivity index (χ0n) is 23.9. The van der Waals surface area contributed by atoms with Crippen LogP contribution in [0.3, 0.4) is 0 Å². The first-order chi connectivity index (χ1) is 22.5. The summed E-state index contributed by atoms with van der Waals surface area (Å²) in [5.41, 5.74) is 11.2. The Morgan fingerprint density at radius 2 is 1.85 bits per heavy atom. The highest BCUT2D eigenvalue weighted by atomic mass is 31.3. The largest absolute Gasteiger partial charge is 0.751 e. The number of phosphoric ester groups is 2. The first-order valence-electron chi connectivity index (χ1n) is 13.5. The lowest BCUT2D eigenvalue weighted by Crippen LogP contribution is -2.46. The third-order valence-electron chi connectivity index (χ3n) is 7.29. The van der Waals surface area contributed by atoms with Crippen LogP contribution in [0.1, 0.15) is 22.8 Å². The molecule has 0 spiro atoms. The minimum absolute atomic E-state index is 0.0332. The van der Waals surface area contributed by atoms with Crippen LogP contribution < -0.4 is 16.0 Å². The molecule has 6 rings (SSSR count). The number of nitrogen functional groups attached to an aromatic ring is 1. The molecule has 3 aromatic rings. The number of nitrogens with zero attached hydrogens (tertiary/aromatic N) is 5. The summed E-state index contributed by atoms with van der Waals surface area (Å²) >= 11 is 0. The minimum Gasteiger partial charge on any atom is -0.387 e. The number of imidazole rings is 1. The van der Waals surface area contributed by atoms with E-state index < -0.39 is 91.7 Å². The summed E-state index contributed by atoms with van der Waals surface area (Å²) < 4.78 is 71.5. The molecule has 262 valence electrons. The highest BCUT2D eigenvalue weighted by Crippen LogP contribution is 2.79. The van der Waals surface area contributed by atoms with Crippen LogP contribution >= 0.6 is 23.5 Å². The number of rotatable bonds is 12. The van der Waals surface area contributed by atoms with E-state index in [1.54, 1.807) is 4.30 Å². The zero-order chi connectivity index (χ0) is 34.8. The van der Waals surface area contributed by atoms with Crippen LogP contribution in [-0.4, -0.2) is 105 Å². The van der Waals surface area contributed by atoms with Crippen LogP contribution in [0.15, 0.2) is 37.2 Å². The van der Waals surface area contributed by atoms with Gasteiger partial charge < -0.3 is 50.9 Å². The Kier molecular flexibility index (Phi) is 9.32. The van der Waals surface area contributed by atoms with E-state index in [-0.39, 0.29) is 22.5 Å². The maximum absolute atomic E-state index is 12.9. The number of phosphoric acid groups is 2. The molecule has 1 unspecified atom stereocenters. The maximum Gasteiger partial charge on any atom is 0.751 e. The fraction of sp³-hybridized carbons (Fsp3) is 0.476. The average molecular weight is 743 g/mol. The summed E-state index contributed by atoms with van der Waals surface area (Å²) in [4.78, 5) is 52.4. The lowest BCUT2D eigenvalue weighted by Gasteiger charge is -2.22. The second-order valence-electron chi connectivity index (χ2n) is 10.5. The molecule has 24 nitrogen and oxygen atoms in total. The SMILES string of the molecule is NC(=O)c1ccc[n+]([C@@H]2O[C@H](C[O+]3O[P@@]3(=O)OP(=O)(O)OC[C@H]3O[C@@H](n4cnc5c(N)ncnc54)[C@H](OP(=O)(O)O)[C@@H]3O)[C@@H](O)[C@H]2O)c1. The van der Waals surface area contributed by atoms with E-state index in [1.165, 1.54) is 29.1 Å². The summed E-state index contributed by atoms with van der Waals surface area (Å²) in [6, 6.07) is 2.86. The van der Waals surface area contributed by atoms with Crippen molar-refractivity contribution in [1.29, 1.82) is 0 Å². The van der Waals surface area contributed by atoms with Gasteiger partial charge in [-0.05, 0) is 6.07 Å². The van der Waals surface area contributed by atoms with Gasteiger partial charge in [0.15, 0.2) is 42.3 Å². The molecule has 27 heteroatoms. The minimum atomic E-state index is -5.29. The van der Waals surface area contributed by atoms with E-state index in [2.05, 4.69) is 19.3 Å². The topological polar surface area (TPSA) is 351 Å². The zero-order valence-corrected chi connectivity index (χ0v) is 26.6. The number of carbonyl (C=O) groups excluding carboxylic acids is 1. The van der Waals surface area contributed by atoms with Crippen LogP contribution in [0, 0.1) is 0 Å². The Bertz CT molecular complexity index is 1860. The van der Waals surface area contributed by atoms with Crippen molar-refractivity contribution in [3.05, 3.63) is 42.7 Å². The van der Waals surface area contributed by atoms with Crippen molar-refractivity contribution in [2.45, 2.75) is 49.1 Å². The first kappa shape index (κ1) is 35.0. The van der Waals surface area contributed by atoms with Crippen molar-refractivity contribution >= 4 is 46.4 Å². The van der Waals surface area contributed by atoms with Crippen LogP contribution in [0.2, 0.25) is 0 Å². The summed E-state index contributed by atoms with van der Waals surface area (Å²) in [5, 5.41) is 31.8. The Morgan fingerprint density at radius 1 is 1.10 bits per heavy atom. The predicted molar refractivity (Wildman–Crippen MR) is 149 cm³/mol. The number of nitrogens with two attached hydrogens (primary N) is 2. The molecule has 10 atom stereocenters. The van der Waals surface area contributed by atoms with Gasteiger partial charge in [-0.15, -0.1) is 8.62 Å². The molecule has 3 aliphatic heterocycles. The second-order valence-corrected chi connectivity index (χ2v) is 15.0. The molecule has 1 amide bonds. The monoisotopic (exact) mass is 743 g/mol. The molecular formula is C21H28N7O17P3+2. The third kappa shape index (κ3) is 7.06. The summed E-state index contributed by atoms with van der Waals surface area (Å²) in [6.07, 6.45) is -7.55. The number of aliphatic hydroxyl groups excluding tert-OH is 3. The van der Waals surface area contributed by atoms with E-state index >= 15 is 0 Å². The molecule has 3 aliphatic rings. The van der Waals surface area contributed by atoms with Crippen LogP contribution in [0.4, 0.5) is 5.82 Å². The van der Waals surface area contributed by atoms with Gasteiger partial charge in [0.1, 0.15) is 41.8 Å². The molecule has 0 saturated carbocycles. The van der Waals surface area contributed by atoms with Gasteiger partial charge in [-0.2, -0.15) is 9.13 Å². The summed E-state index contributed by atoms with van der Waals surface area (Å²) in [5.74, 6) is -0.794. The van der Waals surface area contributed by atoms with Crippen molar-refractivity contribution in [3.8, 4) is 0 Å². The van der Waals surface area contributed by atoms with E-state index in [9.17, 15) is 48.5 Å². The second kappa shape index (κ2) is 12.8. The van der Waals surface area contributed by atoms with Crippen molar-refractivity contribution in [2.24, 2.45) is 5.73 Å². The Labute approximate surface area is 267 Å². The van der Waals surface area contributed by atoms with Crippen LogP contribution in [0.25, 0.3) is 11.2 Å². The number of hydrogen-bond donors (Lipinski definition) is 8. The number of hydrogen-bond acceptors (Lipinski definition) is 17. The van der Waals surface area contributed by atoms with Gasteiger partial charge in [0.05, 0.1) is 17.6 Å². The number of aromatic nitrogens is 5. The molecule has 3 fully saturated rings. The van der Waals surface area contributed by atoms with Gasteiger partial charge in [-0.3, -0.25) is 18.4 Å². The number of primary amides is 1. The third-order valence-corrected chi connectivity index (χ3v) is 10.9. The number of ether oxygens (including phenoxy) is 2. The van der Waals surface area contributed by atoms with Gasteiger partial charge in [-0.25, -0.2) is 24.1 Å². The van der Waals surface area contributed by atoms with Crippen molar-refractivity contribution in [2.75, 3.05) is 18.9 Å². The molecule has 3 saturated heterocycles. The Morgan fingerprint density at radius 3 is 2.56 bits per heavy atom. The molecule has 0 radical (unpaired) electrons. The van der Waals surface area contributed by atoms with Gasteiger partial charge in [0, 0.05) is 6.07 Å². The quantitative estimate of drug-likeness (QED) is 0.0315. The van der Waals surface area contributed by atoms with Crippen molar-refractivity contribution in [3.63, 3.8) is 0 Å². The predicted octanol–water partition coefficient (Wildman–Crippen LogP) is -2.41. The number of fused-ring (bicyclic) bond motifs is 1. The van der Waals surface area contributed by atoms with E-state index in [4.69, 9.17) is 34.7 Å². The summed E-state index contributed by atoms with van der Waals surface area (Å²) in [7, 11) is -15.1. The fourth-order valence-corrected chi connectivity index (χ4v) is 8.26. The fourth-order valence-electron chi connectivity index (χ4n) is 5.04. The van der Waals surface area contributed by atoms with Crippen LogP contribution in [0.5, 0.6) is 0 Å². The molecule has 48 heavy (non-hydrogen) atoms. The molecule has 0 bridgehead atoms. The Hall–Kier alpha value is -2.86. The smallest absolute Gasteiger partial charge is 0.387 e. The molecule has 0 aromatic carbocycles. The molecule has 10 N–H and O–H groups in total. The Balaban J connectivity index is 1.08. The van der Waals surface area contributed by atoms with E-state index in [0.29, 0.717) is 0 Å². The lowest BCUT2D eigenvalue weighted by atomic mass is 10.1. The van der Waals surface area contributed by atoms with Gasteiger partial charge in [0.25, 0.3) is 12.1 Å². The van der Waals surface area contributed by atoms with Crippen molar-refractivity contribution < 1.29 is 84.9 Å². The number of anilines is 1. The molecule has 0 aliphatic carbocycles. The molecular weight excluding hydrogens is 715 g/mol. The standard InChI is InChI=1S/C21H26N7O17P3/c22-17-12-19(25-7-24-17)28(8-26-12)21-16(42-46(33,34)35)14(30)10(40-21)5-39-47(36,37)44-48(38)43-45(48)6-11-13(29)15(31)20(41-11)27-3-1-2-9(4-27)18(23)32/h1-4,7-8,10-11,13-16,20-21,29-31H,5-6H2,(H5-2,22,23,24,25,32,33,34,35,36,37)/p+2/t10-,11-,13-,14-,15-,16-,20-,21-,48+/m1/s1. The van der Waals surface area contributed by atoms with Crippen LogP contribution in [-0.2, 0) is 45.5 Å². The highest BCUT2D eigenvalue weighted by molar-refractivity contribution is 7.64. The number of aliphatic hydroxyl groups is 3. The van der Waals surface area contributed by atoms with E-state index in [0.717, 1.165) is 17.2 Å².